The third kappa shape index (κ3) is 2.73. The molecule has 86 valence electrons. The van der Waals surface area contributed by atoms with Gasteiger partial charge in [-0.3, -0.25) is 9.89 Å². The Morgan fingerprint density at radius 1 is 1.35 bits per heavy atom. The second kappa shape index (κ2) is 4.84. The van der Waals surface area contributed by atoms with Crippen LogP contribution in [0.1, 0.15) is 5.56 Å². The first kappa shape index (κ1) is 11.4. The molecular weight excluding hydrogens is 238 g/mol. The predicted octanol–water partition coefficient (Wildman–Crippen LogP) is 2.23. The second-order valence-corrected chi connectivity index (χ2v) is 3.88. The summed E-state index contributed by atoms with van der Waals surface area (Å²) in [4.78, 5) is 10.7. The van der Waals surface area contributed by atoms with Crippen LogP contribution >= 0.6 is 11.6 Å². The van der Waals surface area contributed by atoms with Crippen LogP contribution in [0, 0.1) is 0 Å². The molecule has 3 N–H and O–H groups in total. The zero-order valence-corrected chi connectivity index (χ0v) is 9.61. The highest BCUT2D eigenvalue weighted by molar-refractivity contribution is 6.30. The molecule has 1 amide bonds. The first-order valence-electron chi connectivity index (χ1n) is 4.93. The van der Waals surface area contributed by atoms with Crippen LogP contribution in [-0.2, 0) is 4.79 Å². The first-order chi connectivity index (χ1) is 8.16. The van der Waals surface area contributed by atoms with E-state index in [1.807, 2.05) is 12.1 Å². The Balaban J connectivity index is 2.36. The van der Waals surface area contributed by atoms with Crippen molar-refractivity contribution in [2.45, 2.75) is 0 Å². The van der Waals surface area contributed by atoms with Gasteiger partial charge in [-0.25, -0.2) is 0 Å². The largest absolute Gasteiger partial charge is 0.366 e. The molecule has 0 fully saturated rings. The second-order valence-electron chi connectivity index (χ2n) is 3.44. The normalized spacial score (nSPS) is 10.9. The van der Waals surface area contributed by atoms with Crippen molar-refractivity contribution in [3.63, 3.8) is 0 Å². The molecule has 0 spiro atoms. The molecule has 17 heavy (non-hydrogen) atoms. The summed E-state index contributed by atoms with van der Waals surface area (Å²) >= 11 is 5.81. The standard InChI is InChI=1S/C12H10ClN3O/c13-10-4-1-8(2-5-10)12-9(7-15-16-12)3-6-11(14)17/h1-7H,(H2,14,17)(H,15,16). The molecular formula is C12H10ClN3O. The number of hydrogen-bond donors (Lipinski definition) is 2. The smallest absolute Gasteiger partial charge is 0.241 e. The highest BCUT2D eigenvalue weighted by Gasteiger charge is 2.05. The van der Waals surface area contributed by atoms with Gasteiger partial charge in [-0.05, 0) is 18.2 Å². The maximum Gasteiger partial charge on any atom is 0.241 e. The Morgan fingerprint density at radius 3 is 2.71 bits per heavy atom. The van der Waals surface area contributed by atoms with Crippen molar-refractivity contribution in [3.05, 3.63) is 47.1 Å². The minimum atomic E-state index is -0.492. The van der Waals surface area contributed by atoms with Crippen molar-refractivity contribution >= 4 is 23.6 Å². The molecule has 0 radical (unpaired) electrons. The quantitative estimate of drug-likeness (QED) is 0.817. The van der Waals surface area contributed by atoms with Crippen molar-refractivity contribution in [1.29, 1.82) is 0 Å². The molecule has 0 aliphatic heterocycles. The van der Waals surface area contributed by atoms with Gasteiger partial charge in [-0.1, -0.05) is 23.7 Å². The summed E-state index contributed by atoms with van der Waals surface area (Å²) in [5.74, 6) is -0.492. The number of halogens is 1. The zero-order chi connectivity index (χ0) is 12.3. The van der Waals surface area contributed by atoms with Gasteiger partial charge in [0.1, 0.15) is 0 Å². The fourth-order valence-corrected chi connectivity index (χ4v) is 1.57. The van der Waals surface area contributed by atoms with E-state index >= 15 is 0 Å². The topological polar surface area (TPSA) is 71.8 Å². The van der Waals surface area contributed by atoms with Gasteiger partial charge >= 0.3 is 0 Å². The number of carbonyl (C=O) groups excluding carboxylic acids is 1. The Labute approximate surface area is 103 Å². The van der Waals surface area contributed by atoms with Crippen molar-refractivity contribution in [1.82, 2.24) is 10.2 Å². The maximum atomic E-state index is 10.7. The molecule has 0 saturated heterocycles. The Bertz CT molecular complexity index is 557. The van der Waals surface area contributed by atoms with Gasteiger partial charge in [0, 0.05) is 22.2 Å². The minimum Gasteiger partial charge on any atom is -0.366 e. The van der Waals surface area contributed by atoms with E-state index in [-0.39, 0.29) is 0 Å². The van der Waals surface area contributed by atoms with E-state index in [4.69, 9.17) is 17.3 Å². The lowest BCUT2D eigenvalue weighted by molar-refractivity contribution is -0.113. The van der Waals surface area contributed by atoms with Crippen LogP contribution in [0.25, 0.3) is 17.3 Å². The summed E-state index contributed by atoms with van der Waals surface area (Å²) in [5.41, 5.74) is 7.60. The molecule has 0 bridgehead atoms. The lowest BCUT2D eigenvalue weighted by Crippen LogP contribution is -2.05. The molecule has 0 aliphatic rings. The molecule has 0 aliphatic carbocycles. The molecule has 1 aromatic carbocycles. The molecule has 2 rings (SSSR count). The molecule has 5 heteroatoms. The van der Waals surface area contributed by atoms with E-state index in [0.717, 1.165) is 16.8 Å². The van der Waals surface area contributed by atoms with Crippen molar-refractivity contribution < 1.29 is 4.79 Å². The van der Waals surface area contributed by atoms with Crippen LogP contribution < -0.4 is 5.73 Å². The van der Waals surface area contributed by atoms with E-state index in [1.54, 1.807) is 24.4 Å². The SMILES string of the molecule is NC(=O)C=Cc1cn[nH]c1-c1ccc(Cl)cc1. The average Bonchev–Trinajstić information content (AvgIpc) is 2.75. The number of primary amides is 1. The van der Waals surface area contributed by atoms with Crippen molar-refractivity contribution in [2.75, 3.05) is 0 Å². The molecule has 0 saturated carbocycles. The van der Waals surface area contributed by atoms with Gasteiger partial charge in [0.15, 0.2) is 0 Å². The number of nitrogens with two attached hydrogens (primary N) is 1. The first-order valence-corrected chi connectivity index (χ1v) is 5.31. The van der Waals surface area contributed by atoms with E-state index in [1.165, 1.54) is 6.08 Å². The van der Waals surface area contributed by atoms with E-state index in [0.29, 0.717) is 5.02 Å². The third-order valence-electron chi connectivity index (χ3n) is 2.23. The highest BCUT2D eigenvalue weighted by Crippen LogP contribution is 2.23. The van der Waals surface area contributed by atoms with Gasteiger partial charge in [0.2, 0.25) is 5.91 Å². The van der Waals surface area contributed by atoms with Crippen LogP contribution in [0.3, 0.4) is 0 Å². The number of rotatable bonds is 3. The molecule has 4 nitrogen and oxygen atoms in total. The monoisotopic (exact) mass is 247 g/mol. The molecule has 2 aromatic rings. The fraction of sp³-hybridized carbons (Fsp3) is 0. The van der Waals surface area contributed by atoms with Crippen molar-refractivity contribution in [2.24, 2.45) is 5.73 Å². The van der Waals surface area contributed by atoms with Crippen LogP contribution in [0.15, 0.2) is 36.5 Å². The van der Waals surface area contributed by atoms with Crippen LogP contribution in [0.2, 0.25) is 5.02 Å². The summed E-state index contributed by atoms with van der Waals surface area (Å²) in [6.45, 7) is 0. The third-order valence-corrected chi connectivity index (χ3v) is 2.48. The van der Waals surface area contributed by atoms with Gasteiger partial charge in [-0.15, -0.1) is 0 Å². The number of amides is 1. The summed E-state index contributed by atoms with van der Waals surface area (Å²) in [7, 11) is 0. The Morgan fingerprint density at radius 2 is 2.06 bits per heavy atom. The van der Waals surface area contributed by atoms with Crippen LogP contribution in [0.4, 0.5) is 0 Å². The maximum absolute atomic E-state index is 10.7. The minimum absolute atomic E-state index is 0.492. The number of carbonyl (C=O) groups is 1. The average molecular weight is 248 g/mol. The number of H-pyrrole nitrogens is 1. The van der Waals surface area contributed by atoms with Gasteiger partial charge in [-0.2, -0.15) is 5.10 Å². The van der Waals surface area contributed by atoms with Crippen molar-refractivity contribution in [3.8, 4) is 11.3 Å². The summed E-state index contributed by atoms with van der Waals surface area (Å²) in [6, 6.07) is 7.33. The predicted molar refractivity (Wildman–Crippen MR) is 67.3 cm³/mol. The Hall–Kier alpha value is -2.07. The van der Waals surface area contributed by atoms with Gasteiger partial charge < -0.3 is 5.73 Å². The number of aromatic nitrogens is 2. The summed E-state index contributed by atoms with van der Waals surface area (Å²) in [6.07, 6.45) is 4.55. The van der Waals surface area contributed by atoms with Crippen LogP contribution in [-0.4, -0.2) is 16.1 Å². The van der Waals surface area contributed by atoms with E-state index in [2.05, 4.69) is 10.2 Å². The number of nitrogens with one attached hydrogen (secondary N) is 1. The highest BCUT2D eigenvalue weighted by atomic mass is 35.5. The van der Waals surface area contributed by atoms with Gasteiger partial charge in [0.05, 0.1) is 11.9 Å². The lowest BCUT2D eigenvalue weighted by atomic mass is 10.1. The summed E-state index contributed by atoms with van der Waals surface area (Å²) < 4.78 is 0. The lowest BCUT2D eigenvalue weighted by Gasteiger charge is -1.99. The fourth-order valence-electron chi connectivity index (χ4n) is 1.44. The number of benzene rings is 1. The number of nitrogens with zero attached hydrogens (tertiary/aromatic N) is 1. The molecule has 1 aromatic heterocycles. The number of hydrogen-bond acceptors (Lipinski definition) is 2. The van der Waals surface area contributed by atoms with Crippen LogP contribution in [0.5, 0.6) is 0 Å². The van der Waals surface area contributed by atoms with Gasteiger partial charge in [0.25, 0.3) is 0 Å². The zero-order valence-electron chi connectivity index (χ0n) is 8.85. The number of aromatic amines is 1. The summed E-state index contributed by atoms with van der Waals surface area (Å²) in [5, 5.41) is 7.48. The van der Waals surface area contributed by atoms with E-state index in [9.17, 15) is 4.79 Å². The molecule has 1 heterocycles. The molecule has 0 atom stereocenters. The molecule has 0 unspecified atom stereocenters. The van der Waals surface area contributed by atoms with E-state index < -0.39 is 5.91 Å². The Kier molecular flexibility index (Phi) is 3.25.